The molecule has 0 aliphatic heterocycles. The van der Waals surface area contributed by atoms with E-state index < -0.39 is 32.5 Å². The van der Waals surface area contributed by atoms with E-state index in [2.05, 4.69) is 9.97 Å². The van der Waals surface area contributed by atoms with Crippen LogP contribution in [0.4, 0.5) is 17.6 Å². The summed E-state index contributed by atoms with van der Waals surface area (Å²) in [5, 5.41) is 0. The highest BCUT2D eigenvalue weighted by Gasteiger charge is 2.35. The third-order valence-electron chi connectivity index (χ3n) is 3.25. The molecule has 1 heterocycles. The minimum absolute atomic E-state index is 0.0141. The molecule has 1 aromatic heterocycles. The van der Waals surface area contributed by atoms with Crippen LogP contribution in [-0.4, -0.2) is 36.3 Å². The van der Waals surface area contributed by atoms with E-state index in [4.69, 9.17) is 0 Å². The van der Waals surface area contributed by atoms with Gasteiger partial charge in [0.25, 0.3) is 0 Å². The van der Waals surface area contributed by atoms with Crippen LogP contribution in [-0.2, 0) is 22.6 Å². The van der Waals surface area contributed by atoms with Crippen molar-refractivity contribution in [3.8, 4) is 0 Å². The summed E-state index contributed by atoms with van der Waals surface area (Å²) in [5.74, 6) is -1.52. The summed E-state index contributed by atoms with van der Waals surface area (Å²) in [6.07, 6.45) is -0.384. The van der Waals surface area contributed by atoms with Gasteiger partial charge < -0.3 is 0 Å². The molecule has 24 heavy (non-hydrogen) atoms. The summed E-state index contributed by atoms with van der Waals surface area (Å²) in [6.45, 7) is -0.0141. The fourth-order valence-electron chi connectivity index (χ4n) is 1.91. The standard InChI is InChI=1S/C14H13F4N3O2S/c1-21(7-4-10-9-19-5-6-20-10)24(22,23)11-2-3-13(15)12(8-11)14(16,17)18/h2-3,5-6,8-9H,4,7H2,1H3. The molecular weight excluding hydrogens is 350 g/mol. The zero-order valence-electron chi connectivity index (χ0n) is 12.5. The first kappa shape index (κ1) is 18.3. The molecule has 0 atom stereocenters. The molecule has 0 fully saturated rings. The number of alkyl halides is 3. The summed E-state index contributed by atoms with van der Waals surface area (Å²) in [5.41, 5.74) is -1.08. The predicted molar refractivity (Wildman–Crippen MR) is 77.0 cm³/mol. The SMILES string of the molecule is CN(CCc1cnccn1)S(=O)(=O)c1ccc(F)c(C(F)(F)F)c1. The Kier molecular flexibility index (Phi) is 5.19. The van der Waals surface area contributed by atoms with Crippen molar-refractivity contribution in [1.82, 2.24) is 14.3 Å². The van der Waals surface area contributed by atoms with E-state index in [9.17, 15) is 26.0 Å². The molecule has 5 nitrogen and oxygen atoms in total. The van der Waals surface area contributed by atoms with Crippen LogP contribution >= 0.6 is 0 Å². The number of nitrogens with zero attached hydrogens (tertiary/aromatic N) is 3. The van der Waals surface area contributed by atoms with Gasteiger partial charge >= 0.3 is 6.18 Å². The first-order valence-electron chi connectivity index (χ1n) is 6.70. The minimum atomic E-state index is -4.98. The van der Waals surface area contributed by atoms with Gasteiger partial charge in [-0.1, -0.05) is 0 Å². The van der Waals surface area contributed by atoms with Gasteiger partial charge in [-0.3, -0.25) is 9.97 Å². The molecule has 0 unspecified atom stereocenters. The lowest BCUT2D eigenvalue weighted by molar-refractivity contribution is -0.140. The van der Waals surface area contributed by atoms with E-state index in [0.29, 0.717) is 17.8 Å². The van der Waals surface area contributed by atoms with Gasteiger partial charge in [-0.25, -0.2) is 17.1 Å². The second-order valence-electron chi connectivity index (χ2n) is 4.91. The highest BCUT2D eigenvalue weighted by molar-refractivity contribution is 7.89. The average molecular weight is 363 g/mol. The van der Waals surface area contributed by atoms with Gasteiger partial charge in [-0.2, -0.15) is 13.2 Å². The van der Waals surface area contributed by atoms with Crippen LogP contribution in [0.1, 0.15) is 11.3 Å². The molecule has 10 heteroatoms. The van der Waals surface area contributed by atoms with Crippen LogP contribution in [0.15, 0.2) is 41.7 Å². The molecular formula is C14H13F4N3O2S. The number of halogens is 4. The molecule has 130 valence electrons. The number of likely N-dealkylation sites (N-methyl/N-ethyl adjacent to an activating group) is 1. The second-order valence-corrected chi connectivity index (χ2v) is 6.96. The smallest absolute Gasteiger partial charge is 0.261 e. The third kappa shape index (κ3) is 4.06. The number of rotatable bonds is 5. The van der Waals surface area contributed by atoms with Crippen molar-refractivity contribution in [1.29, 1.82) is 0 Å². The molecule has 0 saturated carbocycles. The molecule has 0 aliphatic rings. The lowest BCUT2D eigenvalue weighted by atomic mass is 10.2. The number of benzene rings is 1. The van der Waals surface area contributed by atoms with Gasteiger partial charge in [0.1, 0.15) is 5.82 Å². The fourth-order valence-corrected chi connectivity index (χ4v) is 3.11. The fraction of sp³-hybridized carbons (Fsp3) is 0.286. The Bertz CT molecular complexity index is 811. The summed E-state index contributed by atoms with van der Waals surface area (Å²) in [4.78, 5) is 7.19. The van der Waals surface area contributed by atoms with E-state index in [1.807, 2.05) is 0 Å². The highest BCUT2D eigenvalue weighted by atomic mass is 32.2. The molecule has 1 aromatic carbocycles. The zero-order chi connectivity index (χ0) is 18.0. The van der Waals surface area contributed by atoms with Crippen molar-refractivity contribution in [3.63, 3.8) is 0 Å². The molecule has 2 aromatic rings. The average Bonchev–Trinajstić information content (AvgIpc) is 2.52. The van der Waals surface area contributed by atoms with Crippen molar-refractivity contribution >= 4 is 10.0 Å². The monoisotopic (exact) mass is 363 g/mol. The molecule has 0 radical (unpaired) electrons. The number of hydrogen-bond donors (Lipinski definition) is 0. The Morgan fingerprint density at radius 2 is 1.92 bits per heavy atom. The lowest BCUT2D eigenvalue weighted by Crippen LogP contribution is -2.29. The zero-order valence-corrected chi connectivity index (χ0v) is 13.3. The topological polar surface area (TPSA) is 63.2 Å². The van der Waals surface area contributed by atoms with Gasteiger partial charge in [0.05, 0.1) is 16.2 Å². The maximum absolute atomic E-state index is 13.3. The van der Waals surface area contributed by atoms with Crippen LogP contribution in [0.3, 0.4) is 0 Å². The largest absolute Gasteiger partial charge is 0.419 e. The molecule has 0 amide bonds. The Morgan fingerprint density at radius 1 is 1.21 bits per heavy atom. The second kappa shape index (κ2) is 6.81. The molecule has 0 saturated heterocycles. The quantitative estimate of drug-likeness (QED) is 0.766. The Labute approximate surface area is 136 Å². The summed E-state index contributed by atoms with van der Waals surface area (Å²) < 4.78 is 77.0. The lowest BCUT2D eigenvalue weighted by Gasteiger charge is -2.18. The predicted octanol–water partition coefficient (Wildman–Crippen LogP) is 2.50. The van der Waals surface area contributed by atoms with Gasteiger partial charge in [-0.15, -0.1) is 0 Å². The molecule has 0 N–H and O–H groups in total. The van der Waals surface area contributed by atoms with E-state index >= 15 is 0 Å². The normalized spacial score (nSPS) is 12.6. The molecule has 2 rings (SSSR count). The third-order valence-corrected chi connectivity index (χ3v) is 5.10. The summed E-state index contributed by atoms with van der Waals surface area (Å²) in [7, 11) is -2.97. The molecule has 0 aliphatic carbocycles. The van der Waals surface area contributed by atoms with E-state index in [0.717, 1.165) is 10.4 Å². The van der Waals surface area contributed by atoms with Crippen molar-refractivity contribution in [3.05, 3.63) is 53.9 Å². The van der Waals surface area contributed by atoms with E-state index in [1.54, 1.807) is 0 Å². The summed E-state index contributed by atoms with van der Waals surface area (Å²) in [6, 6.07) is 1.59. The van der Waals surface area contributed by atoms with Crippen LogP contribution in [0.5, 0.6) is 0 Å². The Hall–Kier alpha value is -2.07. The number of sulfonamides is 1. The van der Waals surface area contributed by atoms with Crippen molar-refractivity contribution in [2.45, 2.75) is 17.5 Å². The maximum atomic E-state index is 13.3. The molecule has 0 spiro atoms. The van der Waals surface area contributed by atoms with Gasteiger partial charge in [0.2, 0.25) is 10.0 Å². The number of hydrogen-bond acceptors (Lipinski definition) is 4. The Morgan fingerprint density at radius 3 is 2.50 bits per heavy atom. The Balaban J connectivity index is 2.23. The van der Waals surface area contributed by atoms with Crippen molar-refractivity contribution in [2.24, 2.45) is 0 Å². The van der Waals surface area contributed by atoms with Crippen molar-refractivity contribution in [2.75, 3.05) is 13.6 Å². The van der Waals surface area contributed by atoms with Gasteiger partial charge in [-0.05, 0) is 18.2 Å². The van der Waals surface area contributed by atoms with Gasteiger partial charge in [0.15, 0.2) is 0 Å². The number of aromatic nitrogens is 2. The van der Waals surface area contributed by atoms with Gasteiger partial charge in [0, 0.05) is 38.6 Å². The first-order chi connectivity index (χ1) is 11.1. The van der Waals surface area contributed by atoms with Crippen LogP contribution in [0.25, 0.3) is 0 Å². The highest BCUT2D eigenvalue weighted by Crippen LogP contribution is 2.33. The van der Waals surface area contributed by atoms with Crippen molar-refractivity contribution < 1.29 is 26.0 Å². The van der Waals surface area contributed by atoms with Crippen LogP contribution in [0, 0.1) is 5.82 Å². The van der Waals surface area contributed by atoms with Crippen LogP contribution < -0.4 is 0 Å². The minimum Gasteiger partial charge on any atom is -0.261 e. The first-order valence-corrected chi connectivity index (χ1v) is 8.14. The van der Waals surface area contributed by atoms with Crippen LogP contribution in [0.2, 0.25) is 0 Å². The maximum Gasteiger partial charge on any atom is 0.419 e. The van der Waals surface area contributed by atoms with E-state index in [1.165, 1.54) is 25.6 Å². The van der Waals surface area contributed by atoms with E-state index in [-0.39, 0.29) is 13.0 Å². The summed E-state index contributed by atoms with van der Waals surface area (Å²) >= 11 is 0. The molecule has 0 bridgehead atoms.